The van der Waals surface area contributed by atoms with Crippen molar-refractivity contribution in [3.05, 3.63) is 12.2 Å². The van der Waals surface area contributed by atoms with Crippen molar-refractivity contribution in [3.8, 4) is 0 Å². The Bertz CT molecular complexity index is 107. The number of hydrogen-bond acceptors (Lipinski definition) is 1. The van der Waals surface area contributed by atoms with Crippen molar-refractivity contribution in [1.82, 2.24) is 0 Å². The molecule has 38 valence electrons. The summed E-state index contributed by atoms with van der Waals surface area (Å²) in [6.45, 7) is 0.955. The summed E-state index contributed by atoms with van der Waals surface area (Å²) >= 11 is 2.36. The lowest BCUT2D eigenvalue weighted by Gasteiger charge is -2.00. The Kier molecular flexibility index (Phi) is 1.85. The fourth-order valence-corrected chi connectivity index (χ4v) is 0.921. The molecule has 0 aromatic rings. The van der Waals surface area contributed by atoms with E-state index in [2.05, 4.69) is 33.7 Å². The van der Waals surface area contributed by atoms with Gasteiger partial charge in [0.2, 0.25) is 0 Å². The van der Waals surface area contributed by atoms with E-state index in [9.17, 15) is 0 Å². The highest BCUT2D eigenvalue weighted by atomic mass is 127. The average molecular weight is 207 g/mol. The number of aliphatic imine (C=N–C) groups is 1. The van der Waals surface area contributed by atoms with Crippen LogP contribution in [0.2, 0.25) is 0 Å². The topological polar surface area (TPSA) is 12.4 Å². The molecule has 0 amide bonds. The first-order valence-corrected chi connectivity index (χ1v) is 3.45. The van der Waals surface area contributed by atoms with Crippen molar-refractivity contribution in [1.29, 1.82) is 0 Å². The van der Waals surface area contributed by atoms with Crippen LogP contribution in [0.4, 0.5) is 0 Å². The summed E-state index contributed by atoms with van der Waals surface area (Å²) in [6.07, 6.45) is 5.98. The SMILES string of the molecule is IC1C=CC=NC1. The van der Waals surface area contributed by atoms with Gasteiger partial charge in [-0.2, -0.15) is 0 Å². The molecule has 7 heavy (non-hydrogen) atoms. The molecule has 0 saturated heterocycles. The lowest BCUT2D eigenvalue weighted by atomic mass is 10.3. The minimum Gasteiger partial charge on any atom is -0.292 e. The summed E-state index contributed by atoms with van der Waals surface area (Å²) in [5.74, 6) is 0. The fraction of sp³-hybridized carbons (Fsp3) is 0.400. The number of allylic oxidation sites excluding steroid dienone is 1. The van der Waals surface area contributed by atoms with Crippen LogP contribution >= 0.6 is 22.6 Å². The van der Waals surface area contributed by atoms with Crippen LogP contribution in [0.5, 0.6) is 0 Å². The monoisotopic (exact) mass is 207 g/mol. The quantitative estimate of drug-likeness (QED) is 0.421. The van der Waals surface area contributed by atoms with Gasteiger partial charge in [0.15, 0.2) is 0 Å². The minimum atomic E-state index is 0.627. The molecule has 0 aromatic heterocycles. The molecule has 0 spiro atoms. The van der Waals surface area contributed by atoms with E-state index < -0.39 is 0 Å². The molecule has 0 fully saturated rings. The maximum atomic E-state index is 4.04. The van der Waals surface area contributed by atoms with Crippen LogP contribution in [0.25, 0.3) is 0 Å². The number of dihydropyridines is 1. The first-order valence-electron chi connectivity index (χ1n) is 2.20. The van der Waals surface area contributed by atoms with Gasteiger partial charge in [0.05, 0.1) is 6.54 Å². The summed E-state index contributed by atoms with van der Waals surface area (Å²) < 4.78 is 0.627. The molecule has 0 bridgehead atoms. The molecule has 1 atom stereocenters. The summed E-state index contributed by atoms with van der Waals surface area (Å²) in [7, 11) is 0. The molecule has 0 aliphatic carbocycles. The van der Waals surface area contributed by atoms with Crippen molar-refractivity contribution >= 4 is 28.8 Å². The molecule has 0 aromatic carbocycles. The lowest BCUT2D eigenvalue weighted by Crippen LogP contribution is -2.00. The van der Waals surface area contributed by atoms with E-state index >= 15 is 0 Å². The van der Waals surface area contributed by atoms with Crippen molar-refractivity contribution in [2.45, 2.75) is 3.92 Å². The molecule has 1 rings (SSSR count). The molecule has 0 radical (unpaired) electrons. The van der Waals surface area contributed by atoms with E-state index in [1.165, 1.54) is 0 Å². The summed E-state index contributed by atoms with van der Waals surface area (Å²) in [5, 5.41) is 0. The molecule has 1 nitrogen and oxygen atoms in total. The second-order valence-corrected chi connectivity index (χ2v) is 3.02. The molecule has 1 aliphatic rings. The predicted octanol–water partition coefficient (Wildman–Crippen LogP) is 1.43. The number of alkyl halides is 1. The third-order valence-electron chi connectivity index (χ3n) is 0.791. The van der Waals surface area contributed by atoms with Crippen LogP contribution in [0, 0.1) is 0 Å². The van der Waals surface area contributed by atoms with Gasteiger partial charge in [-0.3, -0.25) is 4.99 Å². The van der Waals surface area contributed by atoms with E-state index in [4.69, 9.17) is 0 Å². The second-order valence-electron chi connectivity index (χ2n) is 1.42. The second kappa shape index (κ2) is 2.45. The minimum absolute atomic E-state index is 0.627. The zero-order chi connectivity index (χ0) is 5.11. The van der Waals surface area contributed by atoms with Gasteiger partial charge >= 0.3 is 0 Å². The molecular weight excluding hydrogens is 201 g/mol. The first kappa shape index (κ1) is 5.28. The first-order chi connectivity index (χ1) is 3.39. The molecule has 1 heterocycles. The normalized spacial score (nSPS) is 28.4. The van der Waals surface area contributed by atoms with Crippen molar-refractivity contribution in [2.24, 2.45) is 4.99 Å². The van der Waals surface area contributed by atoms with Gasteiger partial charge in [-0.25, -0.2) is 0 Å². The molecule has 1 aliphatic heterocycles. The molecule has 0 saturated carbocycles. The van der Waals surface area contributed by atoms with Gasteiger partial charge in [0.25, 0.3) is 0 Å². The Labute approximate surface area is 56.7 Å². The molecular formula is C5H6IN. The highest BCUT2D eigenvalue weighted by Gasteiger charge is 1.96. The van der Waals surface area contributed by atoms with Crippen molar-refractivity contribution in [3.63, 3.8) is 0 Å². The van der Waals surface area contributed by atoms with Crippen LogP contribution in [0.3, 0.4) is 0 Å². The van der Waals surface area contributed by atoms with Crippen LogP contribution in [-0.2, 0) is 0 Å². The Hall–Kier alpha value is 0.140. The Morgan fingerprint density at radius 2 is 2.57 bits per heavy atom. The maximum Gasteiger partial charge on any atom is 0.0542 e. The van der Waals surface area contributed by atoms with Gasteiger partial charge in [0.1, 0.15) is 0 Å². The Balaban J connectivity index is 2.49. The lowest BCUT2D eigenvalue weighted by molar-refractivity contribution is 1.05. The average Bonchev–Trinajstić information content (AvgIpc) is 1.69. The van der Waals surface area contributed by atoms with Gasteiger partial charge in [0, 0.05) is 10.1 Å². The zero-order valence-corrected chi connectivity index (χ0v) is 6.00. The summed E-state index contributed by atoms with van der Waals surface area (Å²) in [4.78, 5) is 4.04. The van der Waals surface area contributed by atoms with Crippen LogP contribution in [0.1, 0.15) is 0 Å². The van der Waals surface area contributed by atoms with Gasteiger partial charge in [-0.1, -0.05) is 28.7 Å². The Morgan fingerprint density at radius 3 is 2.86 bits per heavy atom. The van der Waals surface area contributed by atoms with E-state index in [1.54, 1.807) is 0 Å². The van der Waals surface area contributed by atoms with Crippen LogP contribution in [0.15, 0.2) is 17.1 Å². The van der Waals surface area contributed by atoms with Crippen molar-refractivity contribution in [2.75, 3.05) is 6.54 Å². The van der Waals surface area contributed by atoms with Gasteiger partial charge in [-0.15, -0.1) is 0 Å². The van der Waals surface area contributed by atoms with E-state index in [-0.39, 0.29) is 0 Å². The number of nitrogens with zero attached hydrogens (tertiary/aromatic N) is 1. The molecule has 2 heteroatoms. The number of rotatable bonds is 0. The zero-order valence-electron chi connectivity index (χ0n) is 3.84. The fourth-order valence-electron chi connectivity index (χ4n) is 0.454. The van der Waals surface area contributed by atoms with E-state index in [0.29, 0.717) is 3.92 Å². The third kappa shape index (κ3) is 1.59. The summed E-state index contributed by atoms with van der Waals surface area (Å²) in [5.41, 5.74) is 0. The third-order valence-corrected chi connectivity index (χ3v) is 1.60. The predicted molar refractivity (Wildman–Crippen MR) is 40.3 cm³/mol. The number of halogens is 1. The van der Waals surface area contributed by atoms with Crippen LogP contribution < -0.4 is 0 Å². The van der Waals surface area contributed by atoms with Crippen molar-refractivity contribution < 1.29 is 0 Å². The van der Waals surface area contributed by atoms with Gasteiger partial charge in [-0.05, 0) is 6.08 Å². The summed E-state index contributed by atoms with van der Waals surface area (Å²) in [6, 6.07) is 0. The largest absolute Gasteiger partial charge is 0.292 e. The highest BCUT2D eigenvalue weighted by molar-refractivity contribution is 14.1. The highest BCUT2D eigenvalue weighted by Crippen LogP contribution is 2.04. The standard InChI is InChI=1S/C5H6IN/c6-5-2-1-3-7-4-5/h1-3,5H,4H2. The maximum absolute atomic E-state index is 4.04. The van der Waals surface area contributed by atoms with E-state index in [0.717, 1.165) is 6.54 Å². The Morgan fingerprint density at radius 1 is 1.71 bits per heavy atom. The van der Waals surface area contributed by atoms with Gasteiger partial charge < -0.3 is 0 Å². The van der Waals surface area contributed by atoms with Crippen LogP contribution in [-0.4, -0.2) is 16.7 Å². The smallest absolute Gasteiger partial charge is 0.0542 e. The van der Waals surface area contributed by atoms with E-state index in [1.807, 2.05) is 12.3 Å². The molecule has 0 N–H and O–H groups in total. The number of hydrogen-bond donors (Lipinski definition) is 0. The molecule has 1 unspecified atom stereocenters.